The molecule has 0 aromatic heterocycles. The average molecular weight is 268 g/mol. The van der Waals surface area contributed by atoms with E-state index >= 15 is 0 Å². The second-order valence-electron chi connectivity index (χ2n) is 5.11. The molecule has 0 aliphatic carbocycles. The van der Waals surface area contributed by atoms with Gasteiger partial charge in [-0.2, -0.15) is 0 Å². The lowest BCUT2D eigenvalue weighted by atomic mass is 10.1. The number of anilines is 2. The molecule has 3 heteroatoms. The monoisotopic (exact) mass is 268 g/mol. The van der Waals surface area contributed by atoms with Crippen molar-refractivity contribution in [3.05, 3.63) is 59.2 Å². The van der Waals surface area contributed by atoms with Crippen molar-refractivity contribution in [2.24, 2.45) is 0 Å². The highest BCUT2D eigenvalue weighted by molar-refractivity contribution is 5.91. The maximum atomic E-state index is 11.9. The SMILES string of the molecule is Cc1cccc(CCC(=O)Nc2ccc(N)c(C)c2)c1. The van der Waals surface area contributed by atoms with E-state index in [2.05, 4.69) is 24.4 Å². The van der Waals surface area contributed by atoms with Gasteiger partial charge in [0.25, 0.3) is 0 Å². The molecule has 0 atom stereocenters. The zero-order valence-corrected chi connectivity index (χ0v) is 11.9. The molecule has 0 radical (unpaired) electrons. The van der Waals surface area contributed by atoms with Crippen LogP contribution in [0.3, 0.4) is 0 Å². The minimum absolute atomic E-state index is 0.0238. The third-order valence-electron chi connectivity index (χ3n) is 3.28. The number of hydrogen-bond donors (Lipinski definition) is 2. The smallest absolute Gasteiger partial charge is 0.224 e. The Kier molecular flexibility index (Phi) is 4.41. The summed E-state index contributed by atoms with van der Waals surface area (Å²) in [5.41, 5.74) is 10.7. The Hall–Kier alpha value is -2.29. The van der Waals surface area contributed by atoms with E-state index in [0.29, 0.717) is 6.42 Å². The van der Waals surface area contributed by atoms with Gasteiger partial charge in [-0.05, 0) is 49.6 Å². The van der Waals surface area contributed by atoms with Gasteiger partial charge in [0.15, 0.2) is 0 Å². The first-order valence-electron chi connectivity index (χ1n) is 6.76. The largest absolute Gasteiger partial charge is 0.399 e. The van der Waals surface area contributed by atoms with Crippen LogP contribution in [0.1, 0.15) is 23.1 Å². The topological polar surface area (TPSA) is 55.1 Å². The molecule has 104 valence electrons. The number of nitrogens with one attached hydrogen (secondary N) is 1. The third kappa shape index (κ3) is 3.85. The molecule has 2 aromatic rings. The van der Waals surface area contributed by atoms with E-state index in [1.807, 2.05) is 37.3 Å². The van der Waals surface area contributed by atoms with Gasteiger partial charge < -0.3 is 11.1 Å². The van der Waals surface area contributed by atoms with Crippen molar-refractivity contribution in [3.63, 3.8) is 0 Å². The van der Waals surface area contributed by atoms with E-state index < -0.39 is 0 Å². The van der Waals surface area contributed by atoms with Gasteiger partial charge >= 0.3 is 0 Å². The number of nitrogens with two attached hydrogens (primary N) is 1. The van der Waals surface area contributed by atoms with Gasteiger partial charge in [-0.1, -0.05) is 29.8 Å². The summed E-state index contributed by atoms with van der Waals surface area (Å²) >= 11 is 0. The average Bonchev–Trinajstić information content (AvgIpc) is 2.41. The van der Waals surface area contributed by atoms with E-state index in [1.165, 1.54) is 11.1 Å². The summed E-state index contributed by atoms with van der Waals surface area (Å²) in [6, 6.07) is 13.8. The van der Waals surface area contributed by atoms with Crippen LogP contribution in [-0.4, -0.2) is 5.91 Å². The van der Waals surface area contributed by atoms with Crippen LogP contribution in [-0.2, 0) is 11.2 Å². The lowest BCUT2D eigenvalue weighted by Gasteiger charge is -2.08. The van der Waals surface area contributed by atoms with Gasteiger partial charge in [0.05, 0.1) is 0 Å². The van der Waals surface area contributed by atoms with Crippen LogP contribution < -0.4 is 11.1 Å². The highest BCUT2D eigenvalue weighted by atomic mass is 16.1. The maximum Gasteiger partial charge on any atom is 0.224 e. The van der Waals surface area contributed by atoms with Crippen LogP contribution >= 0.6 is 0 Å². The summed E-state index contributed by atoms with van der Waals surface area (Å²) in [5, 5.41) is 2.90. The van der Waals surface area contributed by atoms with Crippen LogP contribution in [0, 0.1) is 13.8 Å². The molecule has 1 amide bonds. The molecule has 20 heavy (non-hydrogen) atoms. The van der Waals surface area contributed by atoms with E-state index in [0.717, 1.165) is 23.4 Å². The molecular formula is C17H20N2O. The predicted octanol–water partition coefficient (Wildman–Crippen LogP) is 3.46. The molecule has 3 N–H and O–H groups in total. The second kappa shape index (κ2) is 6.24. The fourth-order valence-corrected chi connectivity index (χ4v) is 2.10. The van der Waals surface area contributed by atoms with Crippen molar-refractivity contribution >= 4 is 17.3 Å². The lowest BCUT2D eigenvalue weighted by molar-refractivity contribution is -0.116. The molecule has 0 aliphatic heterocycles. The number of hydrogen-bond acceptors (Lipinski definition) is 2. The highest BCUT2D eigenvalue weighted by Gasteiger charge is 2.04. The molecule has 0 spiro atoms. The second-order valence-corrected chi connectivity index (χ2v) is 5.11. The lowest BCUT2D eigenvalue weighted by Crippen LogP contribution is -2.12. The van der Waals surface area contributed by atoms with Gasteiger partial charge in [-0.3, -0.25) is 4.79 Å². The van der Waals surface area contributed by atoms with Crippen molar-refractivity contribution in [2.45, 2.75) is 26.7 Å². The molecular weight excluding hydrogens is 248 g/mol. The van der Waals surface area contributed by atoms with Gasteiger partial charge in [-0.15, -0.1) is 0 Å². The predicted molar refractivity (Wildman–Crippen MR) is 83.7 cm³/mol. The van der Waals surface area contributed by atoms with Crippen LogP contribution in [0.2, 0.25) is 0 Å². The van der Waals surface area contributed by atoms with Crippen molar-refractivity contribution in [1.29, 1.82) is 0 Å². The summed E-state index contributed by atoms with van der Waals surface area (Å²) in [5.74, 6) is 0.0238. The summed E-state index contributed by atoms with van der Waals surface area (Å²) in [7, 11) is 0. The van der Waals surface area contributed by atoms with E-state index in [1.54, 1.807) is 0 Å². The molecule has 0 unspecified atom stereocenters. The molecule has 0 saturated heterocycles. The van der Waals surface area contributed by atoms with Crippen LogP contribution in [0.5, 0.6) is 0 Å². The first kappa shape index (κ1) is 14.1. The molecule has 0 fully saturated rings. The van der Waals surface area contributed by atoms with Gasteiger partial charge in [0, 0.05) is 17.8 Å². The minimum Gasteiger partial charge on any atom is -0.399 e. The van der Waals surface area contributed by atoms with Gasteiger partial charge in [0.1, 0.15) is 0 Å². The van der Waals surface area contributed by atoms with Crippen LogP contribution in [0.4, 0.5) is 11.4 Å². The normalized spacial score (nSPS) is 10.3. The highest BCUT2D eigenvalue weighted by Crippen LogP contribution is 2.17. The summed E-state index contributed by atoms with van der Waals surface area (Å²) in [6.45, 7) is 3.98. The molecule has 0 bridgehead atoms. The van der Waals surface area contributed by atoms with Crippen LogP contribution in [0.25, 0.3) is 0 Å². The van der Waals surface area contributed by atoms with E-state index in [9.17, 15) is 4.79 Å². The van der Waals surface area contributed by atoms with Crippen molar-refractivity contribution in [2.75, 3.05) is 11.1 Å². The quantitative estimate of drug-likeness (QED) is 0.834. The summed E-state index contributed by atoms with van der Waals surface area (Å²) in [4.78, 5) is 11.9. The van der Waals surface area contributed by atoms with Crippen molar-refractivity contribution < 1.29 is 4.79 Å². The standard InChI is InChI=1S/C17H20N2O/c1-12-4-3-5-14(10-12)6-9-17(20)19-15-7-8-16(18)13(2)11-15/h3-5,7-8,10-11H,6,9,18H2,1-2H3,(H,19,20). The number of carbonyl (C=O) groups excluding carboxylic acids is 1. The van der Waals surface area contributed by atoms with Gasteiger partial charge in [0.2, 0.25) is 5.91 Å². The number of amides is 1. The summed E-state index contributed by atoms with van der Waals surface area (Å²) in [6.07, 6.45) is 1.23. The fraction of sp³-hybridized carbons (Fsp3) is 0.235. The molecule has 0 aliphatic rings. The number of rotatable bonds is 4. The number of benzene rings is 2. The molecule has 0 saturated carbocycles. The zero-order valence-electron chi connectivity index (χ0n) is 11.9. The Labute approximate surface area is 119 Å². The Morgan fingerprint density at radius 1 is 1.15 bits per heavy atom. The number of aryl methyl sites for hydroxylation is 3. The first-order chi connectivity index (χ1) is 9.54. The van der Waals surface area contributed by atoms with Crippen molar-refractivity contribution in [1.82, 2.24) is 0 Å². The first-order valence-corrected chi connectivity index (χ1v) is 6.76. The third-order valence-corrected chi connectivity index (χ3v) is 3.28. The van der Waals surface area contributed by atoms with E-state index in [-0.39, 0.29) is 5.91 Å². The fourth-order valence-electron chi connectivity index (χ4n) is 2.10. The molecule has 2 aromatic carbocycles. The van der Waals surface area contributed by atoms with Gasteiger partial charge in [-0.25, -0.2) is 0 Å². The number of nitrogen functional groups attached to an aromatic ring is 1. The van der Waals surface area contributed by atoms with Crippen LogP contribution in [0.15, 0.2) is 42.5 Å². The Morgan fingerprint density at radius 2 is 1.95 bits per heavy atom. The Morgan fingerprint density at radius 3 is 2.65 bits per heavy atom. The zero-order chi connectivity index (χ0) is 14.5. The molecule has 3 nitrogen and oxygen atoms in total. The van der Waals surface area contributed by atoms with E-state index in [4.69, 9.17) is 5.73 Å². The number of carbonyl (C=O) groups is 1. The summed E-state index contributed by atoms with van der Waals surface area (Å²) < 4.78 is 0. The Balaban J connectivity index is 1.91. The maximum absolute atomic E-state index is 11.9. The minimum atomic E-state index is 0.0238. The van der Waals surface area contributed by atoms with Crippen molar-refractivity contribution in [3.8, 4) is 0 Å². The Bertz CT molecular complexity index is 620. The molecule has 2 rings (SSSR count). The molecule has 0 heterocycles.